The molecule has 24 heavy (non-hydrogen) atoms. The Bertz CT molecular complexity index is 773. The summed E-state index contributed by atoms with van der Waals surface area (Å²) in [5.74, 6) is 0.684. The number of rotatable bonds is 3. The van der Waals surface area contributed by atoms with Gasteiger partial charge in [0.15, 0.2) is 0 Å². The summed E-state index contributed by atoms with van der Waals surface area (Å²) >= 11 is 0. The number of aromatic amines is 1. The zero-order valence-electron chi connectivity index (χ0n) is 13.7. The number of nitrogens with zero attached hydrogens (tertiary/aromatic N) is 3. The fourth-order valence-electron chi connectivity index (χ4n) is 3.57. The first-order valence-corrected chi connectivity index (χ1v) is 8.58. The lowest BCUT2D eigenvalue weighted by Crippen LogP contribution is -2.37. The second-order valence-electron chi connectivity index (χ2n) is 6.76. The molecule has 0 amide bonds. The number of nitrogens with two attached hydrogens (primary N) is 1. The van der Waals surface area contributed by atoms with Gasteiger partial charge in [0.1, 0.15) is 0 Å². The van der Waals surface area contributed by atoms with Gasteiger partial charge in [0, 0.05) is 45.2 Å². The van der Waals surface area contributed by atoms with Crippen molar-refractivity contribution in [1.29, 1.82) is 0 Å². The highest BCUT2D eigenvalue weighted by Crippen LogP contribution is 2.20. The molecular formula is C18H23N5O. The highest BCUT2D eigenvalue weighted by molar-refractivity contribution is 5.36. The quantitative estimate of drug-likeness (QED) is 0.875. The third-order valence-corrected chi connectivity index (χ3v) is 4.91. The molecule has 126 valence electrons. The predicted molar refractivity (Wildman–Crippen MR) is 93.9 cm³/mol. The van der Waals surface area contributed by atoms with Crippen LogP contribution in [0.4, 0.5) is 5.95 Å². The van der Waals surface area contributed by atoms with E-state index >= 15 is 0 Å². The van der Waals surface area contributed by atoms with Crippen LogP contribution >= 0.6 is 0 Å². The summed E-state index contributed by atoms with van der Waals surface area (Å²) in [6.07, 6.45) is 1.77. The van der Waals surface area contributed by atoms with E-state index in [2.05, 4.69) is 39.0 Å². The molecular weight excluding hydrogens is 302 g/mol. The van der Waals surface area contributed by atoms with E-state index in [0.29, 0.717) is 12.5 Å². The first-order valence-electron chi connectivity index (χ1n) is 8.58. The minimum Gasteiger partial charge on any atom is -0.341 e. The van der Waals surface area contributed by atoms with Crippen LogP contribution in [-0.4, -0.2) is 40.5 Å². The molecule has 3 N–H and O–H groups in total. The van der Waals surface area contributed by atoms with Gasteiger partial charge in [-0.05, 0) is 12.0 Å². The zero-order chi connectivity index (χ0) is 16.5. The number of fused-ring (bicyclic) bond motifs is 1. The van der Waals surface area contributed by atoms with Gasteiger partial charge in [0.2, 0.25) is 5.95 Å². The molecule has 0 bridgehead atoms. The maximum Gasteiger partial charge on any atom is 0.257 e. The van der Waals surface area contributed by atoms with Crippen LogP contribution in [0.5, 0.6) is 0 Å². The second-order valence-corrected chi connectivity index (χ2v) is 6.76. The van der Waals surface area contributed by atoms with E-state index in [1.54, 1.807) is 0 Å². The summed E-state index contributed by atoms with van der Waals surface area (Å²) in [6.45, 7) is 4.08. The average Bonchev–Trinajstić information content (AvgIpc) is 3.03. The Balaban J connectivity index is 1.53. The summed E-state index contributed by atoms with van der Waals surface area (Å²) in [4.78, 5) is 24.6. The van der Waals surface area contributed by atoms with E-state index in [1.807, 2.05) is 6.07 Å². The lowest BCUT2D eigenvalue weighted by Gasteiger charge is -2.28. The van der Waals surface area contributed by atoms with Crippen molar-refractivity contribution >= 4 is 5.95 Å². The molecule has 1 fully saturated rings. The molecule has 0 unspecified atom stereocenters. The van der Waals surface area contributed by atoms with Gasteiger partial charge in [-0.25, -0.2) is 4.98 Å². The van der Waals surface area contributed by atoms with Crippen molar-refractivity contribution in [2.24, 2.45) is 5.73 Å². The summed E-state index contributed by atoms with van der Waals surface area (Å²) in [7, 11) is 0. The largest absolute Gasteiger partial charge is 0.341 e. The predicted octanol–water partition coefficient (Wildman–Crippen LogP) is 0.866. The van der Waals surface area contributed by atoms with Crippen molar-refractivity contribution < 1.29 is 0 Å². The van der Waals surface area contributed by atoms with Gasteiger partial charge in [-0.1, -0.05) is 30.3 Å². The molecule has 6 heteroatoms. The van der Waals surface area contributed by atoms with E-state index in [4.69, 9.17) is 10.7 Å². The van der Waals surface area contributed by atoms with Crippen molar-refractivity contribution in [2.75, 3.05) is 24.5 Å². The van der Waals surface area contributed by atoms with Gasteiger partial charge in [0.25, 0.3) is 5.56 Å². The number of benzene rings is 1. The van der Waals surface area contributed by atoms with Crippen molar-refractivity contribution in [2.45, 2.75) is 32.0 Å². The normalized spacial score (nSPS) is 21.0. The van der Waals surface area contributed by atoms with Crippen LogP contribution in [-0.2, 0) is 19.5 Å². The molecule has 3 heterocycles. The van der Waals surface area contributed by atoms with E-state index in [9.17, 15) is 4.79 Å². The van der Waals surface area contributed by atoms with Crippen molar-refractivity contribution in [3.05, 3.63) is 57.5 Å². The Morgan fingerprint density at radius 3 is 2.83 bits per heavy atom. The summed E-state index contributed by atoms with van der Waals surface area (Å²) in [5.41, 5.74) is 8.98. The SMILES string of the molecule is N[C@@H]1CCN(c2nc3c(c(=O)[nH]2)CN(Cc2ccccc2)CC3)C1. The molecule has 0 radical (unpaired) electrons. The minimum atomic E-state index is -0.00627. The molecule has 1 aromatic heterocycles. The van der Waals surface area contributed by atoms with Crippen molar-refractivity contribution in [3.63, 3.8) is 0 Å². The molecule has 2 aliphatic rings. The monoisotopic (exact) mass is 325 g/mol. The Labute approximate surface area is 141 Å². The van der Waals surface area contributed by atoms with Crippen molar-refractivity contribution in [1.82, 2.24) is 14.9 Å². The number of anilines is 1. The first-order chi connectivity index (χ1) is 11.7. The standard InChI is InChI=1S/C18H23N5O/c19-14-6-9-23(11-14)18-20-16-7-8-22(12-15(16)17(24)21-18)10-13-4-2-1-3-5-13/h1-5,14H,6-12,19H2,(H,20,21,24)/t14-/m1/s1. The molecule has 1 atom stereocenters. The lowest BCUT2D eigenvalue weighted by molar-refractivity contribution is 0.242. The molecule has 2 aliphatic heterocycles. The second kappa shape index (κ2) is 6.37. The summed E-state index contributed by atoms with van der Waals surface area (Å²) < 4.78 is 0. The Hall–Kier alpha value is -2.18. The highest BCUT2D eigenvalue weighted by atomic mass is 16.1. The number of hydrogen-bond donors (Lipinski definition) is 2. The molecule has 0 saturated carbocycles. The third kappa shape index (κ3) is 3.07. The zero-order valence-corrected chi connectivity index (χ0v) is 13.7. The van der Waals surface area contributed by atoms with Crippen molar-refractivity contribution in [3.8, 4) is 0 Å². The third-order valence-electron chi connectivity index (χ3n) is 4.91. The van der Waals surface area contributed by atoms with E-state index < -0.39 is 0 Å². The Morgan fingerprint density at radius 1 is 1.25 bits per heavy atom. The molecule has 0 aliphatic carbocycles. The number of nitrogens with one attached hydrogen (secondary N) is 1. The molecule has 1 aromatic carbocycles. The maximum absolute atomic E-state index is 12.5. The van der Waals surface area contributed by atoms with Crippen LogP contribution in [0, 0.1) is 0 Å². The topological polar surface area (TPSA) is 78.2 Å². The fourth-order valence-corrected chi connectivity index (χ4v) is 3.57. The Morgan fingerprint density at radius 2 is 2.08 bits per heavy atom. The van der Waals surface area contributed by atoms with Gasteiger partial charge in [-0.15, -0.1) is 0 Å². The van der Waals surface area contributed by atoms with Gasteiger partial charge >= 0.3 is 0 Å². The highest BCUT2D eigenvalue weighted by Gasteiger charge is 2.25. The molecule has 0 spiro atoms. The van der Waals surface area contributed by atoms with E-state index in [-0.39, 0.29) is 11.6 Å². The molecule has 4 rings (SSSR count). The lowest BCUT2D eigenvalue weighted by atomic mass is 10.1. The number of aromatic nitrogens is 2. The number of hydrogen-bond acceptors (Lipinski definition) is 5. The van der Waals surface area contributed by atoms with Gasteiger partial charge < -0.3 is 10.6 Å². The van der Waals surface area contributed by atoms with E-state index in [0.717, 1.165) is 50.3 Å². The molecule has 1 saturated heterocycles. The van der Waals surface area contributed by atoms with E-state index in [1.165, 1.54) is 5.56 Å². The van der Waals surface area contributed by atoms with Gasteiger partial charge in [-0.2, -0.15) is 0 Å². The van der Waals surface area contributed by atoms with Gasteiger partial charge in [-0.3, -0.25) is 14.7 Å². The van der Waals surface area contributed by atoms with Crippen LogP contribution in [0.15, 0.2) is 35.1 Å². The van der Waals surface area contributed by atoms with Gasteiger partial charge in [0.05, 0.1) is 11.3 Å². The van der Waals surface area contributed by atoms with Crippen LogP contribution in [0.3, 0.4) is 0 Å². The smallest absolute Gasteiger partial charge is 0.257 e. The summed E-state index contributed by atoms with van der Waals surface area (Å²) in [5, 5.41) is 0. The van der Waals surface area contributed by atoms with Crippen LogP contribution in [0.25, 0.3) is 0 Å². The first kappa shape index (κ1) is 15.4. The molecule has 6 nitrogen and oxygen atoms in total. The summed E-state index contributed by atoms with van der Waals surface area (Å²) in [6, 6.07) is 10.5. The van der Waals surface area contributed by atoms with Crippen LogP contribution in [0.1, 0.15) is 23.2 Å². The van der Waals surface area contributed by atoms with Crippen LogP contribution < -0.4 is 16.2 Å². The molecule has 2 aromatic rings. The number of H-pyrrole nitrogens is 1. The fraction of sp³-hybridized carbons (Fsp3) is 0.444. The van der Waals surface area contributed by atoms with Crippen LogP contribution in [0.2, 0.25) is 0 Å². The Kier molecular flexibility index (Phi) is 4.08. The average molecular weight is 325 g/mol. The minimum absolute atomic E-state index is 0.00627. The maximum atomic E-state index is 12.5.